The number of nitrogens with two attached hydrogens (primary N) is 1. The second kappa shape index (κ2) is 6.24. The molecule has 0 aliphatic heterocycles. The summed E-state index contributed by atoms with van der Waals surface area (Å²) >= 11 is 0. The standard InChI is InChI=1S/C13H26N2O2/c1-13(2,3)17-12(16)15-11(9-14)10-7-5-4-6-8-10/h10-11H,4-9,14H2,1-3H3,(H,15,16)/t11-/m0/s1. The molecule has 17 heavy (non-hydrogen) atoms. The topological polar surface area (TPSA) is 64.3 Å². The molecule has 0 radical (unpaired) electrons. The van der Waals surface area contributed by atoms with Crippen LogP contribution in [0.4, 0.5) is 4.79 Å². The van der Waals surface area contributed by atoms with Gasteiger partial charge in [-0.15, -0.1) is 0 Å². The van der Waals surface area contributed by atoms with E-state index in [0.29, 0.717) is 12.5 Å². The summed E-state index contributed by atoms with van der Waals surface area (Å²) in [6.45, 7) is 6.09. The quantitative estimate of drug-likeness (QED) is 0.799. The summed E-state index contributed by atoms with van der Waals surface area (Å²) in [5.41, 5.74) is 5.30. The van der Waals surface area contributed by atoms with Crippen LogP contribution < -0.4 is 11.1 Å². The van der Waals surface area contributed by atoms with E-state index in [1.807, 2.05) is 20.8 Å². The summed E-state index contributed by atoms with van der Waals surface area (Å²) in [7, 11) is 0. The van der Waals surface area contributed by atoms with E-state index in [-0.39, 0.29) is 12.1 Å². The molecular weight excluding hydrogens is 216 g/mol. The van der Waals surface area contributed by atoms with Gasteiger partial charge in [-0.2, -0.15) is 0 Å². The minimum absolute atomic E-state index is 0.0603. The number of carbonyl (C=O) groups is 1. The van der Waals surface area contributed by atoms with Crippen LogP contribution in [0.25, 0.3) is 0 Å². The molecule has 1 aliphatic rings. The van der Waals surface area contributed by atoms with Gasteiger partial charge in [-0.05, 0) is 39.5 Å². The first-order chi connectivity index (χ1) is 7.92. The Bertz CT molecular complexity index is 242. The lowest BCUT2D eigenvalue weighted by atomic mass is 9.84. The maximum absolute atomic E-state index is 11.7. The zero-order valence-corrected chi connectivity index (χ0v) is 11.3. The van der Waals surface area contributed by atoms with Crippen LogP contribution in [0.2, 0.25) is 0 Å². The van der Waals surface area contributed by atoms with Crippen LogP contribution in [0.1, 0.15) is 52.9 Å². The Labute approximate surface area is 104 Å². The predicted octanol–water partition coefficient (Wildman–Crippen LogP) is 2.42. The Morgan fingerprint density at radius 3 is 2.41 bits per heavy atom. The molecule has 4 nitrogen and oxygen atoms in total. The Morgan fingerprint density at radius 1 is 1.35 bits per heavy atom. The van der Waals surface area contributed by atoms with Crippen molar-refractivity contribution in [3.8, 4) is 0 Å². The van der Waals surface area contributed by atoms with Gasteiger partial charge in [-0.1, -0.05) is 19.3 Å². The van der Waals surface area contributed by atoms with Crippen LogP contribution in [0.15, 0.2) is 0 Å². The fourth-order valence-corrected chi connectivity index (χ4v) is 2.36. The van der Waals surface area contributed by atoms with Crippen molar-refractivity contribution in [3.05, 3.63) is 0 Å². The van der Waals surface area contributed by atoms with E-state index in [0.717, 1.165) is 12.8 Å². The zero-order chi connectivity index (χ0) is 12.9. The van der Waals surface area contributed by atoms with Gasteiger partial charge < -0.3 is 15.8 Å². The molecule has 3 N–H and O–H groups in total. The highest BCUT2D eigenvalue weighted by atomic mass is 16.6. The molecule has 1 fully saturated rings. The maximum atomic E-state index is 11.7. The van der Waals surface area contributed by atoms with Gasteiger partial charge in [0, 0.05) is 12.6 Å². The average Bonchev–Trinajstić information content (AvgIpc) is 2.24. The normalized spacial score (nSPS) is 19.8. The van der Waals surface area contributed by atoms with Crippen LogP contribution in [0.3, 0.4) is 0 Å². The monoisotopic (exact) mass is 242 g/mol. The molecule has 100 valence electrons. The van der Waals surface area contributed by atoms with E-state index < -0.39 is 5.60 Å². The lowest BCUT2D eigenvalue weighted by Gasteiger charge is -2.31. The Balaban J connectivity index is 2.42. The van der Waals surface area contributed by atoms with E-state index in [1.54, 1.807) is 0 Å². The summed E-state index contributed by atoms with van der Waals surface area (Å²) in [6, 6.07) is 0.0603. The van der Waals surface area contributed by atoms with Crippen LogP contribution in [0, 0.1) is 5.92 Å². The zero-order valence-electron chi connectivity index (χ0n) is 11.3. The molecule has 0 bridgehead atoms. The molecule has 1 atom stereocenters. The van der Waals surface area contributed by atoms with Crippen LogP contribution >= 0.6 is 0 Å². The Kier molecular flexibility index (Phi) is 5.25. The number of amides is 1. The van der Waals surface area contributed by atoms with Crippen molar-refractivity contribution in [3.63, 3.8) is 0 Å². The number of rotatable bonds is 3. The number of hydrogen-bond donors (Lipinski definition) is 2. The largest absolute Gasteiger partial charge is 0.444 e. The van der Waals surface area contributed by atoms with E-state index >= 15 is 0 Å². The third-order valence-corrected chi connectivity index (χ3v) is 3.17. The van der Waals surface area contributed by atoms with Gasteiger partial charge in [-0.25, -0.2) is 4.79 Å². The molecule has 1 saturated carbocycles. The molecule has 0 spiro atoms. The second-order valence-electron chi connectivity index (χ2n) is 5.89. The first-order valence-corrected chi connectivity index (χ1v) is 6.62. The summed E-state index contributed by atoms with van der Waals surface area (Å²) in [5, 5.41) is 2.91. The van der Waals surface area contributed by atoms with E-state index in [9.17, 15) is 4.79 Å². The van der Waals surface area contributed by atoms with Crippen LogP contribution in [-0.2, 0) is 4.74 Å². The molecule has 1 amide bonds. The minimum atomic E-state index is -0.449. The summed E-state index contributed by atoms with van der Waals surface area (Å²) in [6.07, 6.45) is 5.78. The number of ether oxygens (including phenoxy) is 1. The van der Waals surface area contributed by atoms with E-state index in [2.05, 4.69) is 5.32 Å². The first-order valence-electron chi connectivity index (χ1n) is 6.62. The maximum Gasteiger partial charge on any atom is 0.407 e. The minimum Gasteiger partial charge on any atom is -0.444 e. The molecule has 0 aromatic heterocycles. The number of alkyl carbamates (subject to hydrolysis) is 1. The fourth-order valence-electron chi connectivity index (χ4n) is 2.36. The van der Waals surface area contributed by atoms with Crippen LogP contribution in [0.5, 0.6) is 0 Å². The Morgan fingerprint density at radius 2 is 1.94 bits per heavy atom. The number of nitrogens with one attached hydrogen (secondary N) is 1. The molecule has 0 unspecified atom stereocenters. The molecule has 1 aliphatic carbocycles. The molecule has 0 saturated heterocycles. The van der Waals surface area contributed by atoms with Crippen molar-refractivity contribution < 1.29 is 9.53 Å². The predicted molar refractivity (Wildman–Crippen MR) is 68.8 cm³/mol. The third-order valence-electron chi connectivity index (χ3n) is 3.17. The lowest BCUT2D eigenvalue weighted by molar-refractivity contribution is 0.0480. The molecule has 0 heterocycles. The second-order valence-corrected chi connectivity index (χ2v) is 5.89. The van der Waals surface area contributed by atoms with Crippen molar-refractivity contribution in [1.82, 2.24) is 5.32 Å². The lowest BCUT2D eigenvalue weighted by Crippen LogP contribution is -2.47. The summed E-state index contributed by atoms with van der Waals surface area (Å²) in [4.78, 5) is 11.7. The van der Waals surface area contributed by atoms with E-state index in [4.69, 9.17) is 10.5 Å². The van der Waals surface area contributed by atoms with Gasteiger partial charge in [0.05, 0.1) is 0 Å². The summed E-state index contributed by atoms with van der Waals surface area (Å²) in [5.74, 6) is 0.515. The molecule has 4 heteroatoms. The SMILES string of the molecule is CC(C)(C)OC(=O)N[C@@H](CN)C1CCCCC1. The van der Waals surface area contributed by atoms with Gasteiger partial charge in [0.15, 0.2) is 0 Å². The first kappa shape index (κ1) is 14.3. The molecular formula is C13H26N2O2. The van der Waals surface area contributed by atoms with E-state index in [1.165, 1.54) is 19.3 Å². The fraction of sp³-hybridized carbons (Fsp3) is 0.923. The Hall–Kier alpha value is -0.770. The molecule has 0 aromatic rings. The van der Waals surface area contributed by atoms with Crippen molar-refractivity contribution in [1.29, 1.82) is 0 Å². The molecule has 1 rings (SSSR count). The van der Waals surface area contributed by atoms with Gasteiger partial charge in [0.1, 0.15) is 5.60 Å². The van der Waals surface area contributed by atoms with Crippen molar-refractivity contribution in [2.75, 3.05) is 6.54 Å². The smallest absolute Gasteiger partial charge is 0.407 e. The van der Waals surface area contributed by atoms with Gasteiger partial charge >= 0.3 is 6.09 Å². The number of hydrogen-bond acceptors (Lipinski definition) is 3. The summed E-state index contributed by atoms with van der Waals surface area (Å²) < 4.78 is 5.26. The molecule has 0 aromatic carbocycles. The van der Waals surface area contributed by atoms with Gasteiger partial charge in [0.2, 0.25) is 0 Å². The highest BCUT2D eigenvalue weighted by Crippen LogP contribution is 2.26. The average molecular weight is 242 g/mol. The van der Waals surface area contributed by atoms with Crippen LogP contribution in [-0.4, -0.2) is 24.3 Å². The third kappa shape index (κ3) is 5.39. The van der Waals surface area contributed by atoms with Crippen molar-refractivity contribution in [2.45, 2.75) is 64.5 Å². The van der Waals surface area contributed by atoms with Crippen molar-refractivity contribution >= 4 is 6.09 Å². The number of carbonyl (C=O) groups excluding carboxylic acids is 1. The van der Waals surface area contributed by atoms with Gasteiger partial charge in [-0.3, -0.25) is 0 Å². The highest BCUT2D eigenvalue weighted by Gasteiger charge is 2.26. The van der Waals surface area contributed by atoms with Crippen molar-refractivity contribution in [2.24, 2.45) is 11.7 Å². The highest BCUT2D eigenvalue weighted by molar-refractivity contribution is 5.68. The van der Waals surface area contributed by atoms with Gasteiger partial charge in [0.25, 0.3) is 0 Å².